The molecule has 6 nitrogen and oxygen atoms in total. The summed E-state index contributed by atoms with van der Waals surface area (Å²) in [6.45, 7) is 4.12. The van der Waals surface area contributed by atoms with Gasteiger partial charge in [-0.3, -0.25) is 9.69 Å². The van der Waals surface area contributed by atoms with Crippen LogP contribution >= 0.6 is 11.3 Å². The highest BCUT2D eigenvalue weighted by atomic mass is 32.1. The van der Waals surface area contributed by atoms with E-state index in [0.29, 0.717) is 19.6 Å². The number of thiazole rings is 1. The second-order valence-corrected chi connectivity index (χ2v) is 8.30. The maximum atomic E-state index is 13.2. The number of carbonyl (C=O) groups is 1. The zero-order valence-corrected chi connectivity index (χ0v) is 18.9. The molecule has 7 heteroatoms. The summed E-state index contributed by atoms with van der Waals surface area (Å²) in [6.07, 6.45) is 1.20. The zero-order valence-electron chi connectivity index (χ0n) is 18.1. The maximum Gasteiger partial charge on any atom is 0.233 e. The molecule has 0 aliphatic heterocycles. The summed E-state index contributed by atoms with van der Waals surface area (Å²) in [6, 6.07) is 13.5. The standard InChI is InChI=1S/C23H29N3O3S/c1-5-29-19-11-12-20-21(16-19)30-23(24-20)26(14-6-13-25(2)3)22(27)15-17-7-9-18(28-4)10-8-17/h7-12,16H,5-6,13-15H2,1-4H3. The number of anilines is 1. The third-order valence-electron chi connectivity index (χ3n) is 4.69. The number of rotatable bonds is 10. The van der Waals surface area contributed by atoms with Gasteiger partial charge in [-0.2, -0.15) is 0 Å². The van der Waals surface area contributed by atoms with E-state index < -0.39 is 0 Å². The van der Waals surface area contributed by atoms with Crippen molar-refractivity contribution in [2.75, 3.05) is 45.8 Å². The first-order valence-electron chi connectivity index (χ1n) is 10.1. The van der Waals surface area contributed by atoms with E-state index in [1.54, 1.807) is 7.11 Å². The predicted molar refractivity (Wildman–Crippen MR) is 123 cm³/mol. The average molecular weight is 428 g/mol. The minimum absolute atomic E-state index is 0.0445. The molecule has 0 atom stereocenters. The van der Waals surface area contributed by atoms with Crippen LogP contribution in [0.1, 0.15) is 18.9 Å². The van der Waals surface area contributed by atoms with E-state index in [1.807, 2.05) is 68.4 Å². The maximum absolute atomic E-state index is 13.2. The minimum atomic E-state index is 0.0445. The Kier molecular flexibility index (Phi) is 7.65. The summed E-state index contributed by atoms with van der Waals surface area (Å²) in [5.74, 6) is 1.65. The van der Waals surface area contributed by atoms with E-state index in [2.05, 4.69) is 4.90 Å². The largest absolute Gasteiger partial charge is 0.497 e. The summed E-state index contributed by atoms with van der Waals surface area (Å²) in [4.78, 5) is 21.9. The number of nitrogens with zero attached hydrogens (tertiary/aromatic N) is 3. The van der Waals surface area contributed by atoms with Gasteiger partial charge in [-0.25, -0.2) is 4.98 Å². The van der Waals surface area contributed by atoms with Gasteiger partial charge in [0.05, 0.1) is 30.4 Å². The molecule has 160 valence electrons. The second-order valence-electron chi connectivity index (χ2n) is 7.29. The van der Waals surface area contributed by atoms with Crippen LogP contribution in [0.25, 0.3) is 10.2 Å². The first-order valence-corrected chi connectivity index (χ1v) is 10.9. The van der Waals surface area contributed by atoms with Gasteiger partial charge in [0, 0.05) is 6.54 Å². The molecule has 0 saturated carbocycles. The van der Waals surface area contributed by atoms with E-state index in [1.165, 1.54) is 11.3 Å². The summed E-state index contributed by atoms with van der Waals surface area (Å²) in [7, 11) is 5.71. The van der Waals surface area contributed by atoms with Crippen molar-refractivity contribution in [3.05, 3.63) is 48.0 Å². The molecule has 0 aliphatic rings. The lowest BCUT2D eigenvalue weighted by Gasteiger charge is -2.21. The number of hydrogen-bond donors (Lipinski definition) is 0. The van der Waals surface area contributed by atoms with E-state index in [9.17, 15) is 4.79 Å². The lowest BCUT2D eigenvalue weighted by Crippen LogP contribution is -2.34. The Morgan fingerprint density at radius 1 is 1.07 bits per heavy atom. The molecule has 0 saturated heterocycles. The van der Waals surface area contributed by atoms with Crippen LogP contribution in [0.4, 0.5) is 5.13 Å². The molecular formula is C23H29N3O3S. The number of carbonyl (C=O) groups excluding carboxylic acids is 1. The average Bonchev–Trinajstić information content (AvgIpc) is 3.14. The molecule has 0 N–H and O–H groups in total. The highest BCUT2D eigenvalue weighted by molar-refractivity contribution is 7.22. The number of aromatic nitrogens is 1. The van der Waals surface area contributed by atoms with Gasteiger partial charge in [-0.15, -0.1) is 0 Å². The van der Waals surface area contributed by atoms with Gasteiger partial charge in [0.2, 0.25) is 5.91 Å². The first-order chi connectivity index (χ1) is 14.5. The van der Waals surface area contributed by atoms with Crippen LogP contribution in [-0.2, 0) is 11.2 Å². The Labute approximate surface area is 182 Å². The van der Waals surface area contributed by atoms with Crippen molar-refractivity contribution >= 4 is 32.6 Å². The highest BCUT2D eigenvalue weighted by Crippen LogP contribution is 2.32. The van der Waals surface area contributed by atoms with Crippen molar-refractivity contribution in [3.63, 3.8) is 0 Å². The summed E-state index contributed by atoms with van der Waals surface area (Å²) in [5.41, 5.74) is 1.84. The first kappa shape index (κ1) is 22.1. The lowest BCUT2D eigenvalue weighted by molar-refractivity contribution is -0.118. The van der Waals surface area contributed by atoms with Crippen LogP contribution in [0.15, 0.2) is 42.5 Å². The third-order valence-corrected chi connectivity index (χ3v) is 5.73. The number of methoxy groups -OCH3 is 1. The topological polar surface area (TPSA) is 54.9 Å². The van der Waals surface area contributed by atoms with Gasteiger partial charge in [0.15, 0.2) is 5.13 Å². The fourth-order valence-electron chi connectivity index (χ4n) is 3.15. The van der Waals surface area contributed by atoms with Crippen LogP contribution in [0.2, 0.25) is 0 Å². The molecule has 0 spiro atoms. The molecule has 0 unspecified atom stereocenters. The van der Waals surface area contributed by atoms with E-state index in [4.69, 9.17) is 14.5 Å². The van der Waals surface area contributed by atoms with Crippen molar-refractivity contribution in [1.29, 1.82) is 0 Å². The number of fused-ring (bicyclic) bond motifs is 1. The van der Waals surface area contributed by atoms with E-state index >= 15 is 0 Å². The normalized spacial score (nSPS) is 11.1. The van der Waals surface area contributed by atoms with E-state index in [0.717, 1.165) is 45.4 Å². The second kappa shape index (κ2) is 10.4. The summed E-state index contributed by atoms with van der Waals surface area (Å²) in [5, 5.41) is 0.732. The Balaban J connectivity index is 1.83. The molecule has 3 aromatic rings. The van der Waals surface area contributed by atoms with Crippen LogP contribution < -0.4 is 14.4 Å². The third kappa shape index (κ3) is 5.70. The van der Waals surface area contributed by atoms with Crippen LogP contribution in [0.5, 0.6) is 11.5 Å². The molecule has 0 aliphatic carbocycles. The predicted octanol–water partition coefficient (Wildman–Crippen LogP) is 4.23. The Bertz CT molecular complexity index is 969. The molecule has 1 aromatic heterocycles. The molecule has 3 rings (SSSR count). The van der Waals surface area contributed by atoms with Crippen molar-refractivity contribution in [3.8, 4) is 11.5 Å². The Morgan fingerprint density at radius 3 is 2.47 bits per heavy atom. The van der Waals surface area contributed by atoms with Crippen LogP contribution in [-0.4, -0.2) is 56.7 Å². The molecule has 30 heavy (non-hydrogen) atoms. The SMILES string of the molecule is CCOc1ccc2nc(N(CCCN(C)C)C(=O)Cc3ccc(OC)cc3)sc2c1. The van der Waals surface area contributed by atoms with Gasteiger partial charge in [0.1, 0.15) is 11.5 Å². The zero-order chi connectivity index (χ0) is 21.5. The smallest absolute Gasteiger partial charge is 0.233 e. The summed E-state index contributed by atoms with van der Waals surface area (Å²) < 4.78 is 11.8. The minimum Gasteiger partial charge on any atom is -0.497 e. The monoisotopic (exact) mass is 427 g/mol. The van der Waals surface area contributed by atoms with Crippen molar-refractivity contribution in [1.82, 2.24) is 9.88 Å². The Morgan fingerprint density at radius 2 is 1.80 bits per heavy atom. The lowest BCUT2D eigenvalue weighted by atomic mass is 10.1. The van der Waals surface area contributed by atoms with Crippen LogP contribution in [0, 0.1) is 0 Å². The number of ether oxygens (including phenoxy) is 2. The number of amides is 1. The van der Waals surface area contributed by atoms with Gasteiger partial charge < -0.3 is 14.4 Å². The quantitative estimate of drug-likeness (QED) is 0.485. The fraction of sp³-hybridized carbons (Fsp3) is 0.391. The molecule has 0 bridgehead atoms. The number of hydrogen-bond acceptors (Lipinski definition) is 6. The van der Waals surface area contributed by atoms with Crippen LogP contribution in [0.3, 0.4) is 0 Å². The molecule has 0 radical (unpaired) electrons. The highest BCUT2D eigenvalue weighted by Gasteiger charge is 2.20. The fourth-order valence-corrected chi connectivity index (χ4v) is 4.19. The molecule has 2 aromatic carbocycles. The van der Waals surface area contributed by atoms with Gasteiger partial charge in [-0.05, 0) is 69.9 Å². The molecular weight excluding hydrogens is 398 g/mol. The van der Waals surface area contributed by atoms with E-state index in [-0.39, 0.29) is 5.91 Å². The molecule has 0 fully saturated rings. The van der Waals surface area contributed by atoms with Gasteiger partial charge >= 0.3 is 0 Å². The van der Waals surface area contributed by atoms with Crippen molar-refractivity contribution in [2.24, 2.45) is 0 Å². The summed E-state index contributed by atoms with van der Waals surface area (Å²) >= 11 is 1.53. The molecule has 1 amide bonds. The van der Waals surface area contributed by atoms with Crippen molar-refractivity contribution < 1.29 is 14.3 Å². The number of benzene rings is 2. The van der Waals surface area contributed by atoms with Crippen molar-refractivity contribution in [2.45, 2.75) is 19.8 Å². The molecule has 1 heterocycles. The van der Waals surface area contributed by atoms with Gasteiger partial charge in [0.25, 0.3) is 0 Å². The van der Waals surface area contributed by atoms with Gasteiger partial charge in [-0.1, -0.05) is 23.5 Å². The Hall–Kier alpha value is -2.64.